The molecule has 1 aliphatic rings. The van der Waals surface area contributed by atoms with E-state index < -0.39 is 0 Å². The second-order valence-corrected chi connectivity index (χ2v) is 6.20. The highest BCUT2D eigenvalue weighted by Gasteiger charge is 2.35. The Labute approximate surface area is 134 Å². The Hall–Kier alpha value is -2.47. The first-order valence-corrected chi connectivity index (χ1v) is 7.84. The van der Waals surface area contributed by atoms with Gasteiger partial charge in [-0.2, -0.15) is 5.10 Å². The molecule has 2 N–H and O–H groups in total. The smallest absolute Gasteiger partial charge is 0.145 e. The number of para-hydroxylation sites is 2. The number of anilines is 1. The van der Waals surface area contributed by atoms with Gasteiger partial charge in [-0.05, 0) is 30.9 Å². The highest BCUT2D eigenvalue weighted by atomic mass is 16.3. The van der Waals surface area contributed by atoms with Crippen molar-refractivity contribution in [2.75, 3.05) is 5.32 Å². The zero-order valence-electron chi connectivity index (χ0n) is 12.9. The molecule has 118 valence electrons. The molecular weight excluding hydrogens is 290 g/mol. The molecule has 4 rings (SSSR count). The van der Waals surface area contributed by atoms with Crippen molar-refractivity contribution < 1.29 is 5.11 Å². The summed E-state index contributed by atoms with van der Waals surface area (Å²) < 4.78 is 1.80. The molecule has 3 aromatic rings. The Bertz CT molecular complexity index is 824. The van der Waals surface area contributed by atoms with Gasteiger partial charge in [-0.3, -0.25) is 9.67 Å². The molecule has 1 aromatic carbocycles. The van der Waals surface area contributed by atoms with Gasteiger partial charge in [0.25, 0.3) is 0 Å². The van der Waals surface area contributed by atoms with Gasteiger partial charge in [-0.1, -0.05) is 12.1 Å². The first-order valence-electron chi connectivity index (χ1n) is 7.84. The van der Waals surface area contributed by atoms with Gasteiger partial charge in [-0.15, -0.1) is 0 Å². The molecule has 0 radical (unpaired) electrons. The Morgan fingerprint density at radius 1 is 1.22 bits per heavy atom. The van der Waals surface area contributed by atoms with Crippen molar-refractivity contribution >= 4 is 16.9 Å². The Kier molecular flexibility index (Phi) is 3.46. The van der Waals surface area contributed by atoms with Crippen molar-refractivity contribution in [3.05, 3.63) is 48.4 Å². The number of nitrogens with one attached hydrogen (secondary N) is 1. The summed E-state index contributed by atoms with van der Waals surface area (Å²) >= 11 is 0. The summed E-state index contributed by atoms with van der Waals surface area (Å²) in [6, 6.07) is 7.91. The quantitative estimate of drug-likeness (QED) is 0.773. The number of nitrogens with zero attached hydrogens (tertiary/aromatic N) is 4. The number of aromatic nitrogens is 4. The number of fused-ring (bicyclic) bond motifs is 1. The SMILES string of the molecule is Cn1cc([C@@H](Nc2cnc3ccccc3n2)C2CC(O)C2)cn1. The fourth-order valence-electron chi connectivity index (χ4n) is 3.16. The van der Waals surface area contributed by atoms with Crippen LogP contribution in [0.1, 0.15) is 24.4 Å². The van der Waals surface area contributed by atoms with E-state index in [1.807, 2.05) is 43.7 Å². The molecule has 0 spiro atoms. The van der Waals surface area contributed by atoms with Crippen LogP contribution in [0.15, 0.2) is 42.9 Å². The van der Waals surface area contributed by atoms with Gasteiger partial charge in [0.05, 0.1) is 35.6 Å². The first-order chi connectivity index (χ1) is 11.2. The first kappa shape index (κ1) is 14.1. The van der Waals surface area contributed by atoms with E-state index in [0.717, 1.165) is 35.3 Å². The summed E-state index contributed by atoms with van der Waals surface area (Å²) in [6.07, 6.45) is 7.05. The van der Waals surface area contributed by atoms with E-state index in [-0.39, 0.29) is 12.1 Å². The lowest BCUT2D eigenvalue weighted by Gasteiger charge is -2.37. The van der Waals surface area contributed by atoms with Crippen molar-refractivity contribution in [3.8, 4) is 0 Å². The third-order valence-corrected chi connectivity index (χ3v) is 4.46. The third kappa shape index (κ3) is 2.77. The maximum absolute atomic E-state index is 9.65. The second-order valence-electron chi connectivity index (χ2n) is 6.20. The minimum absolute atomic E-state index is 0.0857. The summed E-state index contributed by atoms with van der Waals surface area (Å²) in [5, 5.41) is 17.4. The normalized spacial score (nSPS) is 21.8. The number of aryl methyl sites for hydroxylation is 1. The molecule has 0 bridgehead atoms. The Balaban J connectivity index is 1.63. The zero-order chi connectivity index (χ0) is 15.8. The number of hydrogen-bond acceptors (Lipinski definition) is 5. The average molecular weight is 309 g/mol. The fraction of sp³-hybridized carbons (Fsp3) is 0.353. The highest BCUT2D eigenvalue weighted by Crippen LogP contribution is 2.39. The van der Waals surface area contributed by atoms with Crippen molar-refractivity contribution in [3.63, 3.8) is 0 Å². The predicted molar refractivity (Wildman–Crippen MR) is 87.8 cm³/mol. The molecule has 2 heterocycles. The van der Waals surface area contributed by atoms with E-state index in [4.69, 9.17) is 0 Å². The molecule has 0 amide bonds. The Morgan fingerprint density at radius 3 is 2.70 bits per heavy atom. The van der Waals surface area contributed by atoms with Crippen molar-refractivity contribution in [1.29, 1.82) is 0 Å². The molecule has 23 heavy (non-hydrogen) atoms. The van der Waals surface area contributed by atoms with Crippen LogP contribution in [0.4, 0.5) is 5.82 Å². The minimum atomic E-state index is -0.191. The molecular formula is C17H19N5O. The lowest BCUT2D eigenvalue weighted by molar-refractivity contribution is 0.0339. The summed E-state index contributed by atoms with van der Waals surface area (Å²) in [5.41, 5.74) is 2.87. The fourth-order valence-corrected chi connectivity index (χ4v) is 3.16. The summed E-state index contributed by atoms with van der Waals surface area (Å²) in [5.74, 6) is 1.13. The van der Waals surface area contributed by atoms with Gasteiger partial charge in [0.1, 0.15) is 5.82 Å². The largest absolute Gasteiger partial charge is 0.393 e. The maximum Gasteiger partial charge on any atom is 0.145 e. The number of benzene rings is 1. The van der Waals surface area contributed by atoms with Crippen LogP contribution in [-0.2, 0) is 7.05 Å². The molecule has 0 aliphatic heterocycles. The molecule has 0 unspecified atom stereocenters. The number of rotatable bonds is 4. The molecule has 1 fully saturated rings. The van der Waals surface area contributed by atoms with Crippen LogP contribution in [0.2, 0.25) is 0 Å². The van der Waals surface area contributed by atoms with Gasteiger partial charge >= 0.3 is 0 Å². The van der Waals surface area contributed by atoms with Crippen molar-refractivity contribution in [1.82, 2.24) is 19.7 Å². The van der Waals surface area contributed by atoms with Crippen molar-refractivity contribution in [2.45, 2.75) is 25.0 Å². The lowest BCUT2D eigenvalue weighted by atomic mass is 9.75. The van der Waals surface area contributed by atoms with Crippen LogP contribution >= 0.6 is 0 Å². The van der Waals surface area contributed by atoms with E-state index >= 15 is 0 Å². The second kappa shape index (κ2) is 5.62. The molecule has 1 saturated carbocycles. The predicted octanol–water partition coefficient (Wildman–Crippen LogP) is 2.29. The molecule has 6 nitrogen and oxygen atoms in total. The van der Waals surface area contributed by atoms with Crippen LogP contribution in [0.5, 0.6) is 0 Å². The van der Waals surface area contributed by atoms with Gasteiger partial charge in [0.2, 0.25) is 0 Å². The van der Waals surface area contributed by atoms with E-state index in [9.17, 15) is 5.11 Å². The monoisotopic (exact) mass is 309 g/mol. The summed E-state index contributed by atoms with van der Waals surface area (Å²) in [6.45, 7) is 0. The third-order valence-electron chi connectivity index (χ3n) is 4.46. The van der Waals surface area contributed by atoms with Gasteiger partial charge in [-0.25, -0.2) is 4.98 Å². The van der Waals surface area contributed by atoms with E-state index in [1.165, 1.54) is 0 Å². The van der Waals surface area contributed by atoms with E-state index in [1.54, 1.807) is 10.9 Å². The van der Waals surface area contributed by atoms with Crippen LogP contribution < -0.4 is 5.32 Å². The summed E-state index contributed by atoms with van der Waals surface area (Å²) in [4.78, 5) is 9.10. The average Bonchev–Trinajstić information content (AvgIpc) is 2.96. The molecule has 1 atom stereocenters. The zero-order valence-corrected chi connectivity index (χ0v) is 12.9. The topological polar surface area (TPSA) is 75.9 Å². The van der Waals surface area contributed by atoms with Crippen LogP contribution in [-0.4, -0.2) is 31.0 Å². The van der Waals surface area contributed by atoms with E-state index in [2.05, 4.69) is 20.4 Å². The van der Waals surface area contributed by atoms with E-state index in [0.29, 0.717) is 5.92 Å². The lowest BCUT2D eigenvalue weighted by Crippen LogP contribution is -2.36. The maximum atomic E-state index is 9.65. The highest BCUT2D eigenvalue weighted by molar-refractivity contribution is 5.75. The van der Waals surface area contributed by atoms with Crippen LogP contribution in [0.25, 0.3) is 11.0 Å². The van der Waals surface area contributed by atoms with Crippen LogP contribution in [0, 0.1) is 5.92 Å². The number of aliphatic hydroxyl groups excluding tert-OH is 1. The minimum Gasteiger partial charge on any atom is -0.393 e. The Morgan fingerprint density at radius 2 is 2.00 bits per heavy atom. The number of hydrogen-bond donors (Lipinski definition) is 2. The van der Waals surface area contributed by atoms with Crippen LogP contribution in [0.3, 0.4) is 0 Å². The standard InChI is InChI=1S/C17H19N5O/c1-22-10-12(8-19-22)17(11-6-13(23)7-11)21-16-9-18-14-4-2-3-5-15(14)20-16/h2-5,8-11,13,17,23H,6-7H2,1H3,(H,20,21)/t11?,13?,17-/m0/s1. The molecule has 0 saturated heterocycles. The molecule has 1 aliphatic carbocycles. The van der Waals surface area contributed by atoms with Crippen molar-refractivity contribution in [2.24, 2.45) is 13.0 Å². The van der Waals surface area contributed by atoms with Gasteiger partial charge in [0, 0.05) is 18.8 Å². The van der Waals surface area contributed by atoms with Gasteiger partial charge < -0.3 is 10.4 Å². The van der Waals surface area contributed by atoms with Gasteiger partial charge in [0.15, 0.2) is 0 Å². The number of aliphatic hydroxyl groups is 1. The molecule has 6 heteroatoms. The molecule has 2 aromatic heterocycles. The summed E-state index contributed by atoms with van der Waals surface area (Å²) in [7, 11) is 1.91.